The molecule has 80 valence electrons. The molecule has 0 radical (unpaired) electrons. The largest absolute Gasteiger partial charge is 0.467 e. The SMILES string of the molecule is COC(=O)[C@@]1([C@H](O)c2ccccc2)CO1. The Bertz CT molecular complexity index is 356. The lowest BCUT2D eigenvalue weighted by Gasteiger charge is -2.16. The van der Waals surface area contributed by atoms with Gasteiger partial charge in [0.2, 0.25) is 5.60 Å². The smallest absolute Gasteiger partial charge is 0.343 e. The summed E-state index contributed by atoms with van der Waals surface area (Å²) in [5.41, 5.74) is -0.531. The monoisotopic (exact) mass is 208 g/mol. The molecule has 1 heterocycles. The Morgan fingerprint density at radius 1 is 1.53 bits per heavy atom. The maximum atomic E-state index is 11.4. The summed E-state index contributed by atoms with van der Waals surface area (Å²) in [5.74, 6) is -0.529. The highest BCUT2D eigenvalue weighted by atomic mass is 16.6. The Kier molecular flexibility index (Phi) is 2.46. The number of aliphatic hydroxyl groups is 1. The Labute approximate surface area is 87.4 Å². The second kappa shape index (κ2) is 3.64. The maximum absolute atomic E-state index is 11.4. The van der Waals surface area contributed by atoms with Crippen molar-refractivity contribution in [3.8, 4) is 0 Å². The molecule has 1 aromatic rings. The molecule has 1 aliphatic heterocycles. The highest BCUT2D eigenvalue weighted by Gasteiger charge is 2.59. The molecule has 1 aliphatic rings. The summed E-state index contributed by atoms with van der Waals surface area (Å²) in [4.78, 5) is 11.4. The van der Waals surface area contributed by atoms with Gasteiger partial charge in [-0.15, -0.1) is 0 Å². The van der Waals surface area contributed by atoms with E-state index in [2.05, 4.69) is 4.74 Å². The Morgan fingerprint density at radius 2 is 2.13 bits per heavy atom. The van der Waals surface area contributed by atoms with Crippen LogP contribution in [0, 0.1) is 0 Å². The molecule has 0 bridgehead atoms. The van der Waals surface area contributed by atoms with Crippen molar-refractivity contribution in [2.75, 3.05) is 13.7 Å². The van der Waals surface area contributed by atoms with Gasteiger partial charge in [0, 0.05) is 0 Å². The molecular formula is C11H12O4. The van der Waals surface area contributed by atoms with Gasteiger partial charge in [-0.25, -0.2) is 4.79 Å². The molecule has 1 aromatic carbocycles. The van der Waals surface area contributed by atoms with E-state index >= 15 is 0 Å². The number of rotatable bonds is 3. The van der Waals surface area contributed by atoms with E-state index in [1.54, 1.807) is 24.3 Å². The number of benzene rings is 1. The Hall–Kier alpha value is -1.39. The quantitative estimate of drug-likeness (QED) is 0.585. The molecule has 1 N–H and O–H groups in total. The van der Waals surface area contributed by atoms with Crippen LogP contribution < -0.4 is 0 Å². The first kappa shape index (κ1) is 10.1. The molecule has 4 nitrogen and oxygen atoms in total. The summed E-state index contributed by atoms with van der Waals surface area (Å²) in [6.45, 7) is 0.204. The fraction of sp³-hybridized carbons (Fsp3) is 0.364. The number of hydrogen-bond donors (Lipinski definition) is 1. The van der Waals surface area contributed by atoms with Crippen LogP contribution in [0.15, 0.2) is 30.3 Å². The van der Waals surface area contributed by atoms with Crippen LogP contribution in [0.25, 0.3) is 0 Å². The summed E-state index contributed by atoms with van der Waals surface area (Å²) >= 11 is 0. The van der Waals surface area contributed by atoms with Crippen LogP contribution >= 0.6 is 0 Å². The van der Waals surface area contributed by atoms with Gasteiger partial charge in [-0.1, -0.05) is 30.3 Å². The molecular weight excluding hydrogens is 196 g/mol. The van der Waals surface area contributed by atoms with Gasteiger partial charge in [-0.3, -0.25) is 0 Å². The van der Waals surface area contributed by atoms with E-state index in [9.17, 15) is 9.90 Å². The van der Waals surface area contributed by atoms with Gasteiger partial charge in [0.05, 0.1) is 13.7 Å². The first-order valence-electron chi connectivity index (χ1n) is 4.66. The molecule has 0 aliphatic carbocycles. The van der Waals surface area contributed by atoms with E-state index < -0.39 is 17.7 Å². The molecule has 2 rings (SSSR count). The van der Waals surface area contributed by atoms with E-state index in [4.69, 9.17) is 4.74 Å². The van der Waals surface area contributed by atoms with E-state index in [-0.39, 0.29) is 6.61 Å². The van der Waals surface area contributed by atoms with Crippen LogP contribution in [0.3, 0.4) is 0 Å². The molecule has 15 heavy (non-hydrogen) atoms. The molecule has 0 aromatic heterocycles. The second-order valence-corrected chi connectivity index (χ2v) is 3.48. The van der Waals surface area contributed by atoms with E-state index in [1.807, 2.05) is 6.07 Å². The highest BCUT2D eigenvalue weighted by molar-refractivity contribution is 5.83. The minimum absolute atomic E-state index is 0.204. The zero-order valence-electron chi connectivity index (χ0n) is 8.34. The average molecular weight is 208 g/mol. The van der Waals surface area contributed by atoms with E-state index in [0.717, 1.165) is 0 Å². The van der Waals surface area contributed by atoms with Gasteiger partial charge in [0.25, 0.3) is 0 Å². The Balaban J connectivity index is 2.22. The van der Waals surface area contributed by atoms with Crippen molar-refractivity contribution < 1.29 is 19.4 Å². The number of epoxide rings is 1. The molecule has 0 spiro atoms. The van der Waals surface area contributed by atoms with Crippen molar-refractivity contribution in [1.82, 2.24) is 0 Å². The zero-order chi connectivity index (χ0) is 10.9. The normalized spacial score (nSPS) is 25.7. The van der Waals surface area contributed by atoms with Crippen LogP contribution in [0.5, 0.6) is 0 Å². The first-order valence-corrected chi connectivity index (χ1v) is 4.66. The summed E-state index contributed by atoms with van der Waals surface area (Å²) in [6, 6.07) is 8.93. The number of carbonyl (C=O) groups is 1. The Morgan fingerprint density at radius 3 is 2.60 bits per heavy atom. The van der Waals surface area contributed by atoms with Crippen LogP contribution in [-0.4, -0.2) is 30.4 Å². The fourth-order valence-corrected chi connectivity index (χ4v) is 1.54. The molecule has 1 saturated heterocycles. The van der Waals surface area contributed by atoms with Crippen molar-refractivity contribution in [2.24, 2.45) is 0 Å². The van der Waals surface area contributed by atoms with Crippen LogP contribution in [0.1, 0.15) is 11.7 Å². The standard InChI is InChI=1S/C11H12O4/c1-14-10(13)11(7-15-11)9(12)8-5-3-2-4-6-8/h2-6,9,12H,7H2,1H3/t9-,11+/m1/s1. The summed E-state index contributed by atoms with van der Waals surface area (Å²) in [6.07, 6.45) is -0.967. The zero-order valence-corrected chi connectivity index (χ0v) is 8.34. The third kappa shape index (κ3) is 1.62. The van der Waals surface area contributed by atoms with E-state index in [0.29, 0.717) is 5.56 Å². The predicted molar refractivity (Wildman–Crippen MR) is 52.1 cm³/mol. The molecule has 0 amide bonds. The van der Waals surface area contributed by atoms with Gasteiger partial charge < -0.3 is 14.6 Å². The van der Waals surface area contributed by atoms with Crippen LogP contribution in [0.2, 0.25) is 0 Å². The minimum Gasteiger partial charge on any atom is -0.467 e. The van der Waals surface area contributed by atoms with Gasteiger partial charge in [-0.2, -0.15) is 0 Å². The highest BCUT2D eigenvalue weighted by Crippen LogP contribution is 2.40. The summed E-state index contributed by atoms with van der Waals surface area (Å²) in [5, 5.41) is 9.99. The molecule has 0 unspecified atom stereocenters. The van der Waals surface area contributed by atoms with Gasteiger partial charge in [0.15, 0.2) is 0 Å². The van der Waals surface area contributed by atoms with E-state index in [1.165, 1.54) is 7.11 Å². The number of methoxy groups -OCH3 is 1. The van der Waals surface area contributed by atoms with Crippen molar-refractivity contribution >= 4 is 5.97 Å². The third-order valence-corrected chi connectivity index (χ3v) is 2.54. The van der Waals surface area contributed by atoms with Crippen LogP contribution in [-0.2, 0) is 14.3 Å². The summed E-state index contributed by atoms with van der Waals surface area (Å²) < 4.78 is 9.64. The van der Waals surface area contributed by atoms with Crippen molar-refractivity contribution in [3.63, 3.8) is 0 Å². The lowest BCUT2D eigenvalue weighted by Crippen LogP contribution is -2.33. The maximum Gasteiger partial charge on any atom is 0.343 e. The molecule has 1 fully saturated rings. The predicted octanol–water partition coefficient (Wildman–Crippen LogP) is 0.662. The number of carbonyl (C=O) groups excluding carboxylic acids is 1. The number of ether oxygens (including phenoxy) is 2. The fourth-order valence-electron chi connectivity index (χ4n) is 1.54. The van der Waals surface area contributed by atoms with Crippen molar-refractivity contribution in [2.45, 2.75) is 11.7 Å². The second-order valence-electron chi connectivity index (χ2n) is 3.48. The average Bonchev–Trinajstić information content (AvgIpc) is 3.09. The summed E-state index contributed by atoms with van der Waals surface area (Å²) in [7, 11) is 1.28. The number of esters is 1. The third-order valence-electron chi connectivity index (χ3n) is 2.54. The molecule has 0 saturated carbocycles. The first-order chi connectivity index (χ1) is 7.20. The number of aliphatic hydroxyl groups excluding tert-OH is 1. The molecule has 4 heteroatoms. The molecule has 2 atom stereocenters. The minimum atomic E-state index is -1.18. The van der Waals surface area contributed by atoms with Gasteiger partial charge >= 0.3 is 5.97 Å². The topological polar surface area (TPSA) is 59.1 Å². The lowest BCUT2D eigenvalue weighted by atomic mass is 9.96. The van der Waals surface area contributed by atoms with Crippen molar-refractivity contribution in [1.29, 1.82) is 0 Å². The van der Waals surface area contributed by atoms with Gasteiger partial charge in [0.1, 0.15) is 6.10 Å². The van der Waals surface area contributed by atoms with Crippen LogP contribution in [0.4, 0.5) is 0 Å². The van der Waals surface area contributed by atoms with Gasteiger partial charge in [-0.05, 0) is 5.56 Å². The van der Waals surface area contributed by atoms with Crippen molar-refractivity contribution in [3.05, 3.63) is 35.9 Å². The lowest BCUT2D eigenvalue weighted by molar-refractivity contribution is -0.151. The number of hydrogen-bond acceptors (Lipinski definition) is 4.